The predicted molar refractivity (Wildman–Crippen MR) is 50.4 cm³/mol. The molecule has 0 radical (unpaired) electrons. The second kappa shape index (κ2) is 2.82. The van der Waals surface area contributed by atoms with Crippen LogP contribution in [0.25, 0.3) is 0 Å². The molecule has 0 aromatic carbocycles. The van der Waals surface area contributed by atoms with Gasteiger partial charge in [-0.15, -0.1) is 0 Å². The molecular formula is C8H18BrN. The van der Waals surface area contributed by atoms with Crippen LogP contribution in [0.4, 0.5) is 0 Å². The fourth-order valence-corrected chi connectivity index (χ4v) is 1.12. The molecule has 0 aliphatic carbocycles. The van der Waals surface area contributed by atoms with Crippen molar-refractivity contribution in [2.45, 2.75) is 45.0 Å². The lowest BCUT2D eigenvalue weighted by atomic mass is 9.82. The molecule has 0 aliphatic heterocycles. The highest BCUT2D eigenvalue weighted by molar-refractivity contribution is 9.09. The van der Waals surface area contributed by atoms with Gasteiger partial charge in [-0.1, -0.05) is 36.7 Å². The third-order valence-electron chi connectivity index (χ3n) is 1.41. The molecule has 1 nitrogen and oxygen atoms in total. The van der Waals surface area contributed by atoms with Crippen LogP contribution in [0.1, 0.15) is 34.6 Å². The van der Waals surface area contributed by atoms with Crippen molar-refractivity contribution in [1.29, 1.82) is 0 Å². The van der Waals surface area contributed by atoms with Gasteiger partial charge in [0, 0.05) is 10.4 Å². The van der Waals surface area contributed by atoms with E-state index in [9.17, 15) is 0 Å². The van der Waals surface area contributed by atoms with Crippen LogP contribution in [0.3, 0.4) is 0 Å². The molecule has 1 atom stereocenters. The smallest absolute Gasteiger partial charge is 0.0368 e. The van der Waals surface area contributed by atoms with Gasteiger partial charge in [0.05, 0.1) is 0 Å². The van der Waals surface area contributed by atoms with Gasteiger partial charge in [0.1, 0.15) is 0 Å². The summed E-state index contributed by atoms with van der Waals surface area (Å²) >= 11 is 3.59. The summed E-state index contributed by atoms with van der Waals surface area (Å²) in [7, 11) is 0. The first kappa shape index (κ1) is 10.4. The Balaban J connectivity index is 4.23. The quantitative estimate of drug-likeness (QED) is 0.658. The lowest BCUT2D eigenvalue weighted by Gasteiger charge is -2.35. The Morgan fingerprint density at radius 2 is 1.40 bits per heavy atom. The molecule has 0 aromatic heterocycles. The van der Waals surface area contributed by atoms with Crippen LogP contribution in [0.2, 0.25) is 0 Å². The molecule has 0 rings (SSSR count). The van der Waals surface area contributed by atoms with Gasteiger partial charge in [-0.3, -0.25) is 0 Å². The number of rotatable bonds is 1. The first-order valence-corrected chi connectivity index (χ1v) is 4.50. The summed E-state index contributed by atoms with van der Waals surface area (Å²) in [6, 6.07) is 0. The van der Waals surface area contributed by atoms with E-state index < -0.39 is 0 Å². The van der Waals surface area contributed by atoms with Gasteiger partial charge in [-0.25, -0.2) is 0 Å². The Bertz CT molecular complexity index is 93.4. The topological polar surface area (TPSA) is 26.0 Å². The number of alkyl halides is 1. The molecular weight excluding hydrogens is 190 g/mol. The van der Waals surface area contributed by atoms with Crippen molar-refractivity contribution in [3.05, 3.63) is 0 Å². The van der Waals surface area contributed by atoms with E-state index in [1.54, 1.807) is 0 Å². The van der Waals surface area contributed by atoms with Crippen LogP contribution in [0.5, 0.6) is 0 Å². The SMILES string of the molecule is CC(C)(C)C(Br)C(C)(C)N. The van der Waals surface area contributed by atoms with Crippen molar-refractivity contribution >= 4 is 15.9 Å². The zero-order valence-corrected chi connectivity index (χ0v) is 9.12. The molecule has 0 aromatic rings. The average molecular weight is 208 g/mol. The number of hydrogen-bond acceptors (Lipinski definition) is 1. The Kier molecular flexibility index (Phi) is 2.94. The van der Waals surface area contributed by atoms with Crippen LogP contribution in [-0.4, -0.2) is 10.4 Å². The van der Waals surface area contributed by atoms with Crippen molar-refractivity contribution in [2.24, 2.45) is 11.1 Å². The Morgan fingerprint density at radius 1 is 1.10 bits per heavy atom. The standard InChI is InChI=1S/C8H18BrN/c1-7(2,3)6(9)8(4,5)10/h6H,10H2,1-5H3. The summed E-state index contributed by atoms with van der Waals surface area (Å²) in [6.07, 6.45) is 0. The minimum Gasteiger partial charge on any atom is -0.325 e. The molecule has 0 spiro atoms. The molecule has 0 amide bonds. The van der Waals surface area contributed by atoms with Gasteiger partial charge in [0.25, 0.3) is 0 Å². The minimum absolute atomic E-state index is 0.141. The third-order valence-corrected chi connectivity index (χ3v) is 3.97. The first-order valence-electron chi connectivity index (χ1n) is 3.58. The van der Waals surface area contributed by atoms with Crippen LogP contribution >= 0.6 is 15.9 Å². The summed E-state index contributed by atoms with van der Waals surface area (Å²) in [5.74, 6) is 0. The molecule has 0 fully saturated rings. The van der Waals surface area contributed by atoms with E-state index in [1.807, 2.05) is 13.8 Å². The Hall–Kier alpha value is 0.440. The zero-order valence-electron chi connectivity index (χ0n) is 7.53. The van der Waals surface area contributed by atoms with E-state index in [1.165, 1.54) is 0 Å². The summed E-state index contributed by atoms with van der Waals surface area (Å²) in [4.78, 5) is 0.354. The van der Waals surface area contributed by atoms with Gasteiger partial charge < -0.3 is 5.73 Å². The lowest BCUT2D eigenvalue weighted by Crippen LogP contribution is -2.47. The fourth-order valence-electron chi connectivity index (χ4n) is 1.12. The molecule has 0 bridgehead atoms. The molecule has 62 valence electrons. The van der Waals surface area contributed by atoms with Gasteiger partial charge in [0.2, 0.25) is 0 Å². The molecule has 2 N–H and O–H groups in total. The minimum atomic E-state index is -0.141. The summed E-state index contributed by atoms with van der Waals surface area (Å²) in [5.41, 5.74) is 6.01. The molecule has 0 saturated carbocycles. The van der Waals surface area contributed by atoms with Crippen molar-refractivity contribution < 1.29 is 0 Å². The van der Waals surface area contributed by atoms with Crippen LogP contribution in [-0.2, 0) is 0 Å². The summed E-state index contributed by atoms with van der Waals surface area (Å²) < 4.78 is 0. The van der Waals surface area contributed by atoms with E-state index in [-0.39, 0.29) is 11.0 Å². The van der Waals surface area contributed by atoms with Gasteiger partial charge in [0.15, 0.2) is 0 Å². The van der Waals surface area contributed by atoms with Crippen molar-refractivity contribution in [2.75, 3.05) is 0 Å². The lowest BCUT2D eigenvalue weighted by molar-refractivity contribution is 0.308. The molecule has 10 heavy (non-hydrogen) atoms. The highest BCUT2D eigenvalue weighted by Gasteiger charge is 2.32. The predicted octanol–water partition coefficient (Wildman–Crippen LogP) is 2.53. The van der Waals surface area contributed by atoms with E-state index in [2.05, 4.69) is 36.7 Å². The number of halogens is 1. The normalized spacial score (nSPS) is 17.1. The highest BCUT2D eigenvalue weighted by atomic mass is 79.9. The second-order valence-corrected chi connectivity index (χ2v) is 5.47. The van der Waals surface area contributed by atoms with Gasteiger partial charge in [-0.05, 0) is 19.3 Å². The molecule has 1 unspecified atom stereocenters. The number of nitrogens with two attached hydrogens (primary N) is 1. The van der Waals surface area contributed by atoms with Crippen LogP contribution in [0, 0.1) is 5.41 Å². The third kappa shape index (κ3) is 3.02. The van der Waals surface area contributed by atoms with E-state index in [4.69, 9.17) is 5.73 Å². The summed E-state index contributed by atoms with van der Waals surface area (Å²) in [6.45, 7) is 10.6. The maximum Gasteiger partial charge on any atom is 0.0368 e. The van der Waals surface area contributed by atoms with Gasteiger partial charge >= 0.3 is 0 Å². The molecule has 2 heteroatoms. The Morgan fingerprint density at radius 3 is 1.40 bits per heavy atom. The average Bonchev–Trinajstić information content (AvgIpc) is 1.59. The Labute approximate surface area is 72.5 Å². The maximum atomic E-state index is 5.92. The van der Waals surface area contributed by atoms with E-state index >= 15 is 0 Å². The molecule has 0 saturated heterocycles. The van der Waals surface area contributed by atoms with Gasteiger partial charge in [-0.2, -0.15) is 0 Å². The van der Waals surface area contributed by atoms with Crippen molar-refractivity contribution in [1.82, 2.24) is 0 Å². The largest absolute Gasteiger partial charge is 0.325 e. The van der Waals surface area contributed by atoms with E-state index in [0.717, 1.165) is 0 Å². The van der Waals surface area contributed by atoms with Crippen molar-refractivity contribution in [3.8, 4) is 0 Å². The van der Waals surface area contributed by atoms with Crippen LogP contribution < -0.4 is 5.73 Å². The maximum absolute atomic E-state index is 5.92. The second-order valence-electron chi connectivity index (χ2n) is 4.55. The monoisotopic (exact) mass is 207 g/mol. The molecule has 0 heterocycles. The fraction of sp³-hybridized carbons (Fsp3) is 1.00. The zero-order chi connectivity index (χ0) is 8.58. The van der Waals surface area contributed by atoms with Crippen molar-refractivity contribution in [3.63, 3.8) is 0 Å². The summed E-state index contributed by atoms with van der Waals surface area (Å²) in [5, 5.41) is 0. The number of hydrogen-bond donors (Lipinski definition) is 1. The first-order chi connectivity index (χ1) is 4.15. The van der Waals surface area contributed by atoms with E-state index in [0.29, 0.717) is 4.83 Å². The highest BCUT2D eigenvalue weighted by Crippen LogP contribution is 2.32. The van der Waals surface area contributed by atoms with Crippen LogP contribution in [0.15, 0.2) is 0 Å². The molecule has 0 aliphatic rings.